The summed E-state index contributed by atoms with van der Waals surface area (Å²) in [5.74, 6) is 0.926. The molecular formula is C23H30N2O2. The standard InChI is InChI=1S/C23H30N2O2/c1-6-16(3)25-22(26)20-10-8-9-11-21(20)24-23(25,5)18-12-14-19(15-13-18)27-17(4)7-2/h8-17,24H,6-7H2,1-5H3. The van der Waals surface area contributed by atoms with Crippen molar-refractivity contribution in [2.75, 3.05) is 5.32 Å². The Morgan fingerprint density at radius 2 is 1.70 bits per heavy atom. The van der Waals surface area contributed by atoms with E-state index in [1.807, 2.05) is 41.3 Å². The molecule has 3 unspecified atom stereocenters. The molecule has 1 N–H and O–H groups in total. The zero-order valence-electron chi connectivity index (χ0n) is 17.0. The van der Waals surface area contributed by atoms with Gasteiger partial charge in [-0.15, -0.1) is 0 Å². The number of anilines is 1. The smallest absolute Gasteiger partial charge is 0.258 e. The van der Waals surface area contributed by atoms with Crippen LogP contribution in [0, 0.1) is 0 Å². The molecule has 1 heterocycles. The third-order valence-electron chi connectivity index (χ3n) is 5.60. The minimum atomic E-state index is -0.615. The average Bonchev–Trinajstić information content (AvgIpc) is 2.68. The lowest BCUT2D eigenvalue weighted by molar-refractivity contribution is 0.0399. The van der Waals surface area contributed by atoms with Gasteiger partial charge < -0.3 is 15.0 Å². The Balaban J connectivity index is 2.01. The van der Waals surface area contributed by atoms with Crippen LogP contribution in [0.2, 0.25) is 0 Å². The molecule has 2 aromatic rings. The van der Waals surface area contributed by atoms with Crippen molar-refractivity contribution in [2.45, 2.75) is 65.3 Å². The van der Waals surface area contributed by atoms with Gasteiger partial charge in [0.1, 0.15) is 11.4 Å². The van der Waals surface area contributed by atoms with Gasteiger partial charge in [0.2, 0.25) is 0 Å². The van der Waals surface area contributed by atoms with Gasteiger partial charge in [-0.1, -0.05) is 38.1 Å². The van der Waals surface area contributed by atoms with E-state index in [1.165, 1.54) is 0 Å². The third kappa shape index (κ3) is 3.53. The molecule has 27 heavy (non-hydrogen) atoms. The van der Waals surface area contributed by atoms with E-state index in [0.29, 0.717) is 0 Å². The number of carbonyl (C=O) groups is 1. The van der Waals surface area contributed by atoms with Crippen molar-refractivity contribution in [3.63, 3.8) is 0 Å². The van der Waals surface area contributed by atoms with Crippen molar-refractivity contribution in [3.8, 4) is 5.75 Å². The van der Waals surface area contributed by atoms with Crippen LogP contribution in [0.5, 0.6) is 5.75 Å². The van der Waals surface area contributed by atoms with Crippen LogP contribution in [-0.2, 0) is 5.66 Å². The van der Waals surface area contributed by atoms with Crippen molar-refractivity contribution in [1.82, 2.24) is 4.90 Å². The molecule has 0 spiro atoms. The van der Waals surface area contributed by atoms with Crippen LogP contribution in [0.1, 0.15) is 63.4 Å². The fraction of sp³-hybridized carbons (Fsp3) is 0.435. The van der Waals surface area contributed by atoms with E-state index in [1.54, 1.807) is 0 Å². The van der Waals surface area contributed by atoms with Gasteiger partial charge in [0.15, 0.2) is 0 Å². The van der Waals surface area contributed by atoms with Gasteiger partial charge in [-0.2, -0.15) is 0 Å². The molecule has 1 aliphatic heterocycles. The third-order valence-corrected chi connectivity index (χ3v) is 5.60. The first-order chi connectivity index (χ1) is 12.9. The number of para-hydroxylation sites is 1. The number of fused-ring (bicyclic) bond motifs is 1. The number of ether oxygens (including phenoxy) is 1. The predicted molar refractivity (Wildman–Crippen MR) is 110 cm³/mol. The molecule has 0 aliphatic carbocycles. The molecule has 0 aromatic heterocycles. The number of benzene rings is 2. The van der Waals surface area contributed by atoms with Crippen molar-refractivity contribution in [2.24, 2.45) is 0 Å². The quantitative estimate of drug-likeness (QED) is 0.744. The minimum Gasteiger partial charge on any atom is -0.491 e. The van der Waals surface area contributed by atoms with Crippen molar-refractivity contribution in [3.05, 3.63) is 59.7 Å². The first-order valence-electron chi connectivity index (χ1n) is 9.88. The van der Waals surface area contributed by atoms with Gasteiger partial charge in [0.25, 0.3) is 5.91 Å². The fourth-order valence-electron chi connectivity index (χ4n) is 3.64. The highest BCUT2D eigenvalue weighted by Gasteiger charge is 2.44. The zero-order chi connectivity index (χ0) is 19.6. The lowest BCUT2D eigenvalue weighted by Gasteiger charge is -2.49. The summed E-state index contributed by atoms with van der Waals surface area (Å²) in [5, 5.41) is 3.62. The summed E-state index contributed by atoms with van der Waals surface area (Å²) in [7, 11) is 0. The molecule has 0 radical (unpaired) electrons. The van der Waals surface area contributed by atoms with Crippen molar-refractivity contribution >= 4 is 11.6 Å². The van der Waals surface area contributed by atoms with Crippen LogP contribution in [0.15, 0.2) is 48.5 Å². The highest BCUT2D eigenvalue weighted by molar-refractivity contribution is 6.02. The Hall–Kier alpha value is -2.49. The summed E-state index contributed by atoms with van der Waals surface area (Å²) >= 11 is 0. The van der Waals surface area contributed by atoms with Gasteiger partial charge >= 0.3 is 0 Å². The molecule has 3 atom stereocenters. The zero-order valence-corrected chi connectivity index (χ0v) is 17.0. The maximum Gasteiger partial charge on any atom is 0.258 e. The number of hydrogen-bond donors (Lipinski definition) is 1. The van der Waals surface area contributed by atoms with Crippen LogP contribution in [0.4, 0.5) is 5.69 Å². The van der Waals surface area contributed by atoms with E-state index in [4.69, 9.17) is 4.74 Å². The summed E-state index contributed by atoms with van der Waals surface area (Å²) in [6, 6.07) is 15.9. The summed E-state index contributed by atoms with van der Waals surface area (Å²) in [6.07, 6.45) is 2.04. The topological polar surface area (TPSA) is 41.6 Å². The highest BCUT2D eigenvalue weighted by atomic mass is 16.5. The molecule has 0 saturated heterocycles. The first-order valence-corrected chi connectivity index (χ1v) is 9.88. The van der Waals surface area contributed by atoms with Gasteiger partial charge in [-0.05, 0) is 63.4 Å². The Morgan fingerprint density at radius 1 is 1.04 bits per heavy atom. The number of nitrogens with one attached hydrogen (secondary N) is 1. The van der Waals surface area contributed by atoms with Crippen LogP contribution in [0.3, 0.4) is 0 Å². The molecule has 1 amide bonds. The van der Waals surface area contributed by atoms with E-state index >= 15 is 0 Å². The number of amides is 1. The predicted octanol–water partition coefficient (Wildman–Crippen LogP) is 5.40. The summed E-state index contributed by atoms with van der Waals surface area (Å²) in [4.78, 5) is 15.3. The van der Waals surface area contributed by atoms with E-state index in [-0.39, 0.29) is 18.1 Å². The molecule has 3 rings (SSSR count). The van der Waals surface area contributed by atoms with Crippen LogP contribution in [-0.4, -0.2) is 23.0 Å². The van der Waals surface area contributed by atoms with Gasteiger partial charge in [0, 0.05) is 11.7 Å². The number of rotatable bonds is 6. The summed E-state index contributed by atoms with van der Waals surface area (Å²) in [5.41, 5.74) is 2.04. The van der Waals surface area contributed by atoms with Gasteiger partial charge in [-0.3, -0.25) is 4.79 Å². The van der Waals surface area contributed by atoms with Gasteiger partial charge in [-0.25, -0.2) is 0 Å². The van der Waals surface area contributed by atoms with E-state index in [2.05, 4.69) is 52.1 Å². The Morgan fingerprint density at radius 3 is 2.33 bits per heavy atom. The molecule has 4 heteroatoms. The van der Waals surface area contributed by atoms with Gasteiger partial charge in [0.05, 0.1) is 11.7 Å². The highest BCUT2D eigenvalue weighted by Crippen LogP contribution is 2.40. The summed E-state index contributed by atoms with van der Waals surface area (Å²) in [6.45, 7) is 10.5. The molecule has 0 bridgehead atoms. The Bertz CT molecular complexity index is 802. The monoisotopic (exact) mass is 366 g/mol. The molecular weight excluding hydrogens is 336 g/mol. The number of hydrogen-bond acceptors (Lipinski definition) is 3. The largest absolute Gasteiger partial charge is 0.491 e. The van der Waals surface area contributed by atoms with Crippen LogP contribution < -0.4 is 10.1 Å². The maximum atomic E-state index is 13.3. The second-order valence-corrected chi connectivity index (χ2v) is 7.54. The first kappa shape index (κ1) is 19.3. The average molecular weight is 367 g/mol. The number of carbonyl (C=O) groups excluding carboxylic acids is 1. The van der Waals surface area contributed by atoms with E-state index < -0.39 is 5.66 Å². The minimum absolute atomic E-state index is 0.0705. The molecule has 144 valence electrons. The SMILES string of the molecule is CCC(C)Oc1ccc(C2(C)Nc3ccccc3C(=O)N2C(C)CC)cc1. The maximum absolute atomic E-state index is 13.3. The Labute approximate surface area is 162 Å². The lowest BCUT2D eigenvalue weighted by atomic mass is 9.91. The molecule has 2 aromatic carbocycles. The molecule has 4 nitrogen and oxygen atoms in total. The second-order valence-electron chi connectivity index (χ2n) is 7.54. The Kier molecular flexibility index (Phi) is 5.45. The molecule has 0 saturated carbocycles. The normalized spacial score (nSPS) is 21.2. The van der Waals surface area contributed by atoms with E-state index in [9.17, 15) is 4.79 Å². The molecule has 0 fully saturated rings. The second kappa shape index (κ2) is 7.63. The van der Waals surface area contributed by atoms with Crippen molar-refractivity contribution in [1.29, 1.82) is 0 Å². The van der Waals surface area contributed by atoms with Crippen molar-refractivity contribution < 1.29 is 9.53 Å². The number of nitrogens with zero attached hydrogens (tertiary/aromatic N) is 1. The lowest BCUT2D eigenvalue weighted by Crippen LogP contribution is -2.58. The van der Waals surface area contributed by atoms with Crippen LogP contribution >= 0.6 is 0 Å². The molecule has 1 aliphatic rings. The van der Waals surface area contributed by atoms with E-state index in [0.717, 1.165) is 35.4 Å². The van der Waals surface area contributed by atoms with Crippen LogP contribution in [0.25, 0.3) is 0 Å². The fourth-order valence-corrected chi connectivity index (χ4v) is 3.64. The summed E-state index contributed by atoms with van der Waals surface area (Å²) < 4.78 is 5.91.